The predicted octanol–water partition coefficient (Wildman–Crippen LogP) is 3.43. The van der Waals surface area contributed by atoms with Crippen molar-refractivity contribution in [1.29, 1.82) is 0 Å². The van der Waals surface area contributed by atoms with Crippen molar-refractivity contribution in [3.05, 3.63) is 35.9 Å². The van der Waals surface area contributed by atoms with Crippen LogP contribution in [0.4, 0.5) is 9.18 Å². The van der Waals surface area contributed by atoms with Gasteiger partial charge in [0.15, 0.2) is 0 Å². The van der Waals surface area contributed by atoms with Gasteiger partial charge in [0.25, 0.3) is 0 Å². The number of hydrogen-bond acceptors (Lipinski definition) is 3. The molecule has 0 radical (unpaired) electrons. The predicted molar refractivity (Wildman–Crippen MR) is 84.3 cm³/mol. The molecule has 5 heteroatoms. The molecule has 0 saturated carbocycles. The Bertz CT molecular complexity index is 505. The lowest BCUT2D eigenvalue weighted by atomic mass is 9.81. The van der Waals surface area contributed by atoms with Crippen molar-refractivity contribution in [3.63, 3.8) is 0 Å². The normalized spacial score (nSPS) is 19.6. The molecule has 4 nitrogen and oxygen atoms in total. The summed E-state index contributed by atoms with van der Waals surface area (Å²) in [6, 6.07) is 8.96. The summed E-state index contributed by atoms with van der Waals surface area (Å²) in [7, 11) is 0. The van der Waals surface area contributed by atoms with E-state index >= 15 is 0 Å². The summed E-state index contributed by atoms with van der Waals surface area (Å²) in [5, 5.41) is 0. The smallest absolute Gasteiger partial charge is 0.410 e. The van der Waals surface area contributed by atoms with Gasteiger partial charge in [0, 0.05) is 13.1 Å². The fraction of sp³-hybridized carbons (Fsp3) is 0.588. The van der Waals surface area contributed by atoms with Crippen LogP contribution in [0.2, 0.25) is 0 Å². The molecular weight excluding hydrogens is 283 g/mol. The number of likely N-dealkylation sites (tertiary alicyclic amines) is 1. The van der Waals surface area contributed by atoms with Gasteiger partial charge in [0.05, 0.1) is 5.54 Å². The van der Waals surface area contributed by atoms with Gasteiger partial charge in [-0.25, -0.2) is 9.18 Å². The molecule has 0 bridgehead atoms. The third-order valence-electron chi connectivity index (χ3n) is 3.94. The van der Waals surface area contributed by atoms with Crippen molar-refractivity contribution < 1.29 is 13.9 Å². The summed E-state index contributed by atoms with van der Waals surface area (Å²) in [5.74, 6) is 0. The van der Waals surface area contributed by atoms with Crippen LogP contribution in [0.1, 0.15) is 45.3 Å². The SMILES string of the molecule is CC(C)(C)OC(=O)N1CCC(N)(C(F)c2ccccc2)CC1. The van der Waals surface area contributed by atoms with Gasteiger partial charge in [-0.15, -0.1) is 0 Å². The standard InChI is InChI=1S/C17H25FN2O2/c1-16(2,3)22-15(21)20-11-9-17(19,10-12-20)14(18)13-7-5-4-6-8-13/h4-8,14H,9-12,19H2,1-3H3. The first-order valence-electron chi connectivity index (χ1n) is 7.67. The zero-order chi connectivity index (χ0) is 16.4. The van der Waals surface area contributed by atoms with Gasteiger partial charge in [0.2, 0.25) is 0 Å². The molecule has 1 fully saturated rings. The molecule has 1 saturated heterocycles. The average molecular weight is 308 g/mol. The average Bonchev–Trinajstić information content (AvgIpc) is 2.46. The summed E-state index contributed by atoms with van der Waals surface area (Å²) in [6.07, 6.45) is -0.746. The monoisotopic (exact) mass is 308 g/mol. The van der Waals surface area contributed by atoms with Crippen LogP contribution in [0.3, 0.4) is 0 Å². The first-order valence-corrected chi connectivity index (χ1v) is 7.67. The molecular formula is C17H25FN2O2. The number of rotatable bonds is 2. The highest BCUT2D eigenvalue weighted by Gasteiger charge is 2.41. The van der Waals surface area contributed by atoms with E-state index in [1.54, 1.807) is 29.2 Å². The fourth-order valence-corrected chi connectivity index (χ4v) is 2.64. The van der Waals surface area contributed by atoms with Crippen molar-refractivity contribution in [1.82, 2.24) is 4.90 Å². The van der Waals surface area contributed by atoms with E-state index in [-0.39, 0.29) is 6.09 Å². The molecule has 1 heterocycles. The Labute approximate surface area is 131 Å². The van der Waals surface area contributed by atoms with Crippen molar-refractivity contribution in [2.75, 3.05) is 13.1 Å². The number of nitrogens with two attached hydrogens (primary N) is 1. The van der Waals surface area contributed by atoms with Crippen LogP contribution in [-0.2, 0) is 4.74 Å². The van der Waals surface area contributed by atoms with Crippen LogP contribution in [0.15, 0.2) is 30.3 Å². The topological polar surface area (TPSA) is 55.6 Å². The van der Waals surface area contributed by atoms with Crippen LogP contribution in [0.5, 0.6) is 0 Å². The molecule has 0 aliphatic carbocycles. The number of hydrogen-bond donors (Lipinski definition) is 1. The molecule has 122 valence electrons. The number of benzene rings is 1. The Balaban J connectivity index is 1.97. The minimum Gasteiger partial charge on any atom is -0.444 e. The number of halogens is 1. The van der Waals surface area contributed by atoms with Crippen molar-refractivity contribution >= 4 is 6.09 Å². The van der Waals surface area contributed by atoms with Crippen molar-refractivity contribution in [2.24, 2.45) is 5.73 Å². The molecule has 22 heavy (non-hydrogen) atoms. The van der Waals surface area contributed by atoms with Gasteiger partial charge >= 0.3 is 6.09 Å². The highest BCUT2D eigenvalue weighted by Crippen LogP contribution is 2.36. The third-order valence-corrected chi connectivity index (χ3v) is 3.94. The number of nitrogens with zero attached hydrogens (tertiary/aromatic N) is 1. The highest BCUT2D eigenvalue weighted by atomic mass is 19.1. The Morgan fingerprint density at radius 2 is 1.82 bits per heavy atom. The zero-order valence-corrected chi connectivity index (χ0v) is 13.5. The Morgan fingerprint density at radius 3 is 2.32 bits per heavy atom. The van der Waals surface area contributed by atoms with Gasteiger partial charge in [-0.05, 0) is 39.2 Å². The molecule has 1 aromatic rings. The molecule has 1 atom stereocenters. The minimum atomic E-state index is -1.23. The van der Waals surface area contributed by atoms with Crippen LogP contribution in [0, 0.1) is 0 Å². The van der Waals surface area contributed by atoms with E-state index < -0.39 is 17.3 Å². The molecule has 0 spiro atoms. The second-order valence-corrected chi connectivity index (χ2v) is 6.97. The molecule has 0 aromatic heterocycles. The van der Waals surface area contributed by atoms with E-state index in [0.29, 0.717) is 31.5 Å². The van der Waals surface area contributed by atoms with E-state index in [2.05, 4.69) is 0 Å². The van der Waals surface area contributed by atoms with Crippen LogP contribution in [-0.4, -0.2) is 35.2 Å². The molecule has 1 aromatic carbocycles. The lowest BCUT2D eigenvalue weighted by Crippen LogP contribution is -2.54. The second-order valence-electron chi connectivity index (χ2n) is 6.97. The zero-order valence-electron chi connectivity index (χ0n) is 13.5. The number of carbonyl (C=O) groups excluding carboxylic acids is 1. The number of carbonyl (C=O) groups is 1. The second kappa shape index (κ2) is 6.24. The largest absolute Gasteiger partial charge is 0.444 e. The van der Waals surface area contributed by atoms with Crippen LogP contribution < -0.4 is 5.73 Å². The molecule has 1 amide bonds. The third kappa shape index (κ3) is 3.97. The number of alkyl halides is 1. The fourth-order valence-electron chi connectivity index (χ4n) is 2.64. The van der Waals surface area contributed by atoms with Gasteiger partial charge in [-0.3, -0.25) is 0 Å². The highest BCUT2D eigenvalue weighted by molar-refractivity contribution is 5.68. The summed E-state index contributed by atoms with van der Waals surface area (Å²) in [5.41, 5.74) is 5.41. The number of ether oxygens (including phenoxy) is 1. The quantitative estimate of drug-likeness (QED) is 0.910. The minimum absolute atomic E-state index is 0.357. The molecule has 1 aliphatic heterocycles. The van der Waals surface area contributed by atoms with Gasteiger partial charge in [-0.1, -0.05) is 30.3 Å². The lowest BCUT2D eigenvalue weighted by molar-refractivity contribution is 0.0110. The number of piperidine rings is 1. The van der Waals surface area contributed by atoms with Gasteiger partial charge in [0.1, 0.15) is 11.8 Å². The molecule has 2 rings (SSSR count). The van der Waals surface area contributed by atoms with E-state index in [1.165, 1.54) is 0 Å². The van der Waals surface area contributed by atoms with Crippen LogP contribution in [0.25, 0.3) is 0 Å². The van der Waals surface area contributed by atoms with E-state index in [0.717, 1.165) is 0 Å². The maximum absolute atomic E-state index is 14.7. The first kappa shape index (κ1) is 16.7. The summed E-state index contributed by atoms with van der Waals surface area (Å²) < 4.78 is 20.1. The molecule has 2 N–H and O–H groups in total. The summed E-state index contributed by atoms with van der Waals surface area (Å²) in [4.78, 5) is 13.6. The summed E-state index contributed by atoms with van der Waals surface area (Å²) >= 11 is 0. The summed E-state index contributed by atoms with van der Waals surface area (Å²) in [6.45, 7) is 6.32. The van der Waals surface area contributed by atoms with E-state index in [9.17, 15) is 9.18 Å². The Hall–Kier alpha value is -1.62. The molecule has 1 aliphatic rings. The van der Waals surface area contributed by atoms with Gasteiger partial charge in [-0.2, -0.15) is 0 Å². The van der Waals surface area contributed by atoms with Crippen LogP contribution >= 0.6 is 0 Å². The molecule has 1 unspecified atom stereocenters. The maximum Gasteiger partial charge on any atom is 0.410 e. The van der Waals surface area contributed by atoms with Gasteiger partial charge < -0.3 is 15.4 Å². The van der Waals surface area contributed by atoms with Crippen molar-refractivity contribution in [3.8, 4) is 0 Å². The maximum atomic E-state index is 14.7. The van der Waals surface area contributed by atoms with E-state index in [1.807, 2.05) is 26.8 Å². The van der Waals surface area contributed by atoms with Crippen molar-refractivity contribution in [2.45, 2.75) is 50.9 Å². The lowest BCUT2D eigenvalue weighted by Gasteiger charge is -2.41. The Morgan fingerprint density at radius 1 is 1.27 bits per heavy atom. The number of amides is 1. The van der Waals surface area contributed by atoms with E-state index in [4.69, 9.17) is 10.5 Å². The first-order chi connectivity index (χ1) is 10.2. The Kier molecular flexibility index (Phi) is 4.75.